The van der Waals surface area contributed by atoms with Crippen LogP contribution in [0.3, 0.4) is 0 Å². The molecule has 108 valence electrons. The van der Waals surface area contributed by atoms with E-state index < -0.39 is 0 Å². The Hall–Kier alpha value is -1.91. The number of amides is 2. The lowest BCUT2D eigenvalue weighted by molar-refractivity contribution is -0.121. The van der Waals surface area contributed by atoms with Crippen LogP contribution >= 0.6 is 0 Å². The van der Waals surface area contributed by atoms with Crippen molar-refractivity contribution in [3.05, 3.63) is 30.1 Å². The van der Waals surface area contributed by atoms with Gasteiger partial charge in [-0.1, -0.05) is 13.3 Å². The van der Waals surface area contributed by atoms with Crippen LogP contribution in [0.25, 0.3) is 0 Å². The van der Waals surface area contributed by atoms with Crippen LogP contribution in [0, 0.1) is 5.82 Å². The summed E-state index contributed by atoms with van der Waals surface area (Å²) in [7, 11) is 0. The van der Waals surface area contributed by atoms with E-state index in [1.54, 1.807) is 17.0 Å². The predicted octanol–water partition coefficient (Wildman–Crippen LogP) is 2.24. The Bertz CT molecular complexity index is 487. The summed E-state index contributed by atoms with van der Waals surface area (Å²) in [5, 5.41) is 2.88. The maximum absolute atomic E-state index is 12.9. The second-order valence-corrected chi connectivity index (χ2v) is 5.05. The largest absolute Gasteiger partial charge is 0.351 e. The summed E-state index contributed by atoms with van der Waals surface area (Å²) in [5.74, 6) is -0.382. The van der Waals surface area contributed by atoms with Gasteiger partial charge in [0.2, 0.25) is 11.8 Å². The number of halogens is 1. The minimum absolute atomic E-state index is 0.00870. The Morgan fingerprint density at radius 1 is 1.40 bits per heavy atom. The number of unbranched alkanes of at least 4 members (excludes halogenated alkanes) is 1. The summed E-state index contributed by atoms with van der Waals surface area (Å²) in [6.45, 7) is 2.48. The van der Waals surface area contributed by atoms with E-state index in [9.17, 15) is 14.0 Å². The average Bonchev–Trinajstić information content (AvgIpc) is 2.78. The van der Waals surface area contributed by atoms with Crippen molar-refractivity contribution in [2.45, 2.75) is 38.6 Å². The molecule has 0 saturated carbocycles. The standard InChI is InChI=1S/C15H19FN2O2/c1-2-3-4-14(19)17-12-9-15(20)18(10-12)13-7-5-11(16)6-8-13/h5-8,12H,2-4,9-10H2,1H3,(H,17,19)/t12-/m1/s1. The summed E-state index contributed by atoms with van der Waals surface area (Å²) in [6, 6.07) is 5.66. The number of hydrogen-bond acceptors (Lipinski definition) is 2. The topological polar surface area (TPSA) is 49.4 Å². The van der Waals surface area contributed by atoms with Gasteiger partial charge < -0.3 is 10.2 Å². The minimum Gasteiger partial charge on any atom is -0.351 e. The van der Waals surface area contributed by atoms with Gasteiger partial charge in [-0.25, -0.2) is 4.39 Å². The van der Waals surface area contributed by atoms with E-state index in [-0.39, 0.29) is 23.7 Å². The Morgan fingerprint density at radius 2 is 2.10 bits per heavy atom. The SMILES string of the molecule is CCCCC(=O)N[C@@H]1CC(=O)N(c2ccc(F)cc2)C1. The van der Waals surface area contributed by atoms with Crippen molar-refractivity contribution in [2.24, 2.45) is 0 Å². The summed E-state index contributed by atoms with van der Waals surface area (Å²) in [4.78, 5) is 25.2. The highest BCUT2D eigenvalue weighted by molar-refractivity contribution is 5.96. The van der Waals surface area contributed by atoms with E-state index in [4.69, 9.17) is 0 Å². The molecule has 20 heavy (non-hydrogen) atoms. The molecular weight excluding hydrogens is 259 g/mol. The molecule has 1 aromatic carbocycles. The predicted molar refractivity (Wildman–Crippen MR) is 74.8 cm³/mol. The van der Waals surface area contributed by atoms with Gasteiger partial charge in [0.25, 0.3) is 0 Å². The maximum Gasteiger partial charge on any atom is 0.229 e. The van der Waals surface area contributed by atoms with Gasteiger partial charge in [-0.15, -0.1) is 0 Å². The molecule has 5 heteroatoms. The summed E-state index contributed by atoms with van der Waals surface area (Å²) < 4.78 is 12.9. The molecule has 1 atom stereocenters. The molecule has 0 spiro atoms. The lowest BCUT2D eigenvalue weighted by atomic mass is 10.2. The lowest BCUT2D eigenvalue weighted by Gasteiger charge is -2.17. The van der Waals surface area contributed by atoms with Gasteiger partial charge in [-0.2, -0.15) is 0 Å². The molecule has 1 aliphatic heterocycles. The molecule has 0 aliphatic carbocycles. The van der Waals surface area contributed by atoms with Crippen molar-refractivity contribution >= 4 is 17.5 Å². The van der Waals surface area contributed by atoms with Gasteiger partial charge in [0, 0.05) is 25.1 Å². The van der Waals surface area contributed by atoms with Crippen molar-refractivity contribution in [2.75, 3.05) is 11.4 Å². The molecule has 1 N–H and O–H groups in total. The quantitative estimate of drug-likeness (QED) is 0.898. The molecule has 0 bridgehead atoms. The second kappa shape index (κ2) is 6.50. The highest BCUT2D eigenvalue weighted by Gasteiger charge is 2.31. The van der Waals surface area contributed by atoms with Crippen molar-refractivity contribution in [1.29, 1.82) is 0 Å². The monoisotopic (exact) mass is 278 g/mol. The molecule has 2 amide bonds. The molecule has 0 unspecified atom stereocenters. The number of hydrogen-bond donors (Lipinski definition) is 1. The van der Waals surface area contributed by atoms with Gasteiger partial charge in [0.15, 0.2) is 0 Å². The number of carbonyl (C=O) groups excluding carboxylic acids is 2. The first kappa shape index (κ1) is 14.5. The van der Waals surface area contributed by atoms with Crippen molar-refractivity contribution in [1.82, 2.24) is 5.32 Å². The van der Waals surface area contributed by atoms with Crippen molar-refractivity contribution in [3.8, 4) is 0 Å². The zero-order chi connectivity index (χ0) is 14.5. The summed E-state index contributed by atoms with van der Waals surface area (Å²) in [5.41, 5.74) is 0.668. The van der Waals surface area contributed by atoms with E-state index in [1.165, 1.54) is 12.1 Å². The van der Waals surface area contributed by atoms with Crippen LogP contribution in [0.15, 0.2) is 24.3 Å². The van der Waals surface area contributed by atoms with Gasteiger partial charge in [0.1, 0.15) is 5.82 Å². The van der Waals surface area contributed by atoms with Crippen LogP contribution in [0.4, 0.5) is 10.1 Å². The number of nitrogens with one attached hydrogen (secondary N) is 1. The fourth-order valence-electron chi connectivity index (χ4n) is 2.31. The third kappa shape index (κ3) is 3.56. The van der Waals surface area contributed by atoms with Crippen LogP contribution in [0.5, 0.6) is 0 Å². The zero-order valence-corrected chi connectivity index (χ0v) is 11.6. The van der Waals surface area contributed by atoms with Crippen LogP contribution < -0.4 is 10.2 Å². The Morgan fingerprint density at radius 3 is 2.75 bits per heavy atom. The number of benzene rings is 1. The van der Waals surface area contributed by atoms with Gasteiger partial charge >= 0.3 is 0 Å². The summed E-state index contributed by atoms with van der Waals surface area (Å²) in [6.07, 6.45) is 2.62. The number of rotatable bonds is 5. The van der Waals surface area contributed by atoms with Crippen molar-refractivity contribution < 1.29 is 14.0 Å². The van der Waals surface area contributed by atoms with E-state index in [1.807, 2.05) is 6.92 Å². The average molecular weight is 278 g/mol. The number of carbonyl (C=O) groups is 2. The summed E-state index contributed by atoms with van der Waals surface area (Å²) >= 11 is 0. The Labute approximate surface area is 118 Å². The van der Waals surface area contributed by atoms with E-state index in [0.29, 0.717) is 25.1 Å². The van der Waals surface area contributed by atoms with Gasteiger partial charge in [-0.05, 0) is 30.7 Å². The number of nitrogens with zero attached hydrogens (tertiary/aromatic N) is 1. The molecule has 1 fully saturated rings. The molecule has 4 nitrogen and oxygen atoms in total. The molecule has 1 saturated heterocycles. The van der Waals surface area contributed by atoms with Gasteiger partial charge in [-0.3, -0.25) is 9.59 Å². The lowest BCUT2D eigenvalue weighted by Crippen LogP contribution is -2.37. The third-order valence-electron chi connectivity index (χ3n) is 3.39. The minimum atomic E-state index is -0.329. The molecule has 1 aliphatic rings. The first-order valence-corrected chi connectivity index (χ1v) is 6.95. The molecule has 1 aromatic rings. The van der Waals surface area contributed by atoms with Crippen LogP contribution in [-0.4, -0.2) is 24.4 Å². The highest BCUT2D eigenvalue weighted by Crippen LogP contribution is 2.21. The fraction of sp³-hybridized carbons (Fsp3) is 0.467. The van der Waals surface area contributed by atoms with Crippen LogP contribution in [-0.2, 0) is 9.59 Å². The van der Waals surface area contributed by atoms with Crippen molar-refractivity contribution in [3.63, 3.8) is 0 Å². The molecule has 0 aromatic heterocycles. The molecule has 1 heterocycles. The zero-order valence-electron chi connectivity index (χ0n) is 11.6. The first-order chi connectivity index (χ1) is 9.60. The molecule has 0 radical (unpaired) electrons. The normalized spacial score (nSPS) is 18.4. The maximum atomic E-state index is 12.9. The van der Waals surface area contributed by atoms with E-state index >= 15 is 0 Å². The van der Waals surface area contributed by atoms with Crippen LogP contribution in [0.1, 0.15) is 32.6 Å². The fourth-order valence-corrected chi connectivity index (χ4v) is 2.31. The smallest absolute Gasteiger partial charge is 0.229 e. The Balaban J connectivity index is 1.93. The second-order valence-electron chi connectivity index (χ2n) is 5.05. The van der Waals surface area contributed by atoms with Crippen LogP contribution in [0.2, 0.25) is 0 Å². The van der Waals surface area contributed by atoms with E-state index in [2.05, 4.69) is 5.32 Å². The highest BCUT2D eigenvalue weighted by atomic mass is 19.1. The van der Waals surface area contributed by atoms with E-state index in [0.717, 1.165) is 12.8 Å². The number of anilines is 1. The third-order valence-corrected chi connectivity index (χ3v) is 3.39. The molecular formula is C15H19FN2O2. The Kier molecular flexibility index (Phi) is 4.71. The molecule has 2 rings (SSSR count). The first-order valence-electron chi connectivity index (χ1n) is 6.95. The van der Waals surface area contributed by atoms with Gasteiger partial charge in [0.05, 0.1) is 6.04 Å².